The Morgan fingerprint density at radius 2 is 2.07 bits per heavy atom. The van der Waals surface area contributed by atoms with Crippen molar-refractivity contribution in [1.29, 1.82) is 0 Å². The van der Waals surface area contributed by atoms with Gasteiger partial charge in [-0.25, -0.2) is 9.97 Å². The minimum absolute atomic E-state index is 0.253. The van der Waals surface area contributed by atoms with Crippen molar-refractivity contribution in [3.63, 3.8) is 0 Å². The van der Waals surface area contributed by atoms with Crippen LogP contribution in [0.15, 0.2) is 65.8 Å². The van der Waals surface area contributed by atoms with E-state index in [1.54, 1.807) is 24.7 Å². The van der Waals surface area contributed by atoms with E-state index in [4.69, 9.17) is 0 Å². The van der Waals surface area contributed by atoms with Gasteiger partial charge >= 0.3 is 0 Å². The molecule has 1 atom stereocenters. The number of nitrogens with one attached hydrogen (secondary N) is 1. The number of aryl methyl sites for hydroxylation is 1. The number of benzene rings is 1. The molecule has 1 aromatic carbocycles. The topological polar surface area (TPSA) is 91.8 Å². The zero-order valence-electron chi connectivity index (χ0n) is 15.4. The summed E-state index contributed by atoms with van der Waals surface area (Å²) in [6.45, 7) is 0. The zero-order valence-corrected chi connectivity index (χ0v) is 15.4. The van der Waals surface area contributed by atoms with Crippen LogP contribution >= 0.6 is 0 Å². The third-order valence-electron chi connectivity index (χ3n) is 5.08. The molecule has 0 amide bonds. The van der Waals surface area contributed by atoms with Crippen LogP contribution in [0.2, 0.25) is 0 Å². The number of nitrogens with zero attached hydrogens (tertiary/aromatic N) is 3. The molecule has 0 saturated carbocycles. The highest BCUT2D eigenvalue weighted by Gasteiger charge is 2.36. The molecule has 0 aliphatic heterocycles. The molecular formula is C23H16N4O2. The average molecular weight is 380 g/mol. The second kappa shape index (κ2) is 6.66. The number of aromatic nitrogens is 4. The lowest BCUT2D eigenvalue weighted by Gasteiger charge is -2.15. The number of rotatable bonds is 1. The van der Waals surface area contributed by atoms with Crippen LogP contribution in [0.1, 0.15) is 23.2 Å². The van der Waals surface area contributed by atoms with Gasteiger partial charge in [-0.05, 0) is 42.7 Å². The smallest absolute Gasteiger partial charge is 0.274 e. The third kappa shape index (κ3) is 3.08. The van der Waals surface area contributed by atoms with Crippen LogP contribution in [-0.4, -0.2) is 25.0 Å². The molecule has 0 spiro atoms. The molecule has 0 bridgehead atoms. The van der Waals surface area contributed by atoms with Gasteiger partial charge in [0.2, 0.25) is 0 Å². The minimum atomic E-state index is -1.24. The van der Waals surface area contributed by atoms with Crippen LogP contribution in [-0.2, 0) is 12.0 Å². The Labute approximate surface area is 166 Å². The lowest BCUT2D eigenvalue weighted by atomic mass is 10.0. The average Bonchev–Trinajstić information content (AvgIpc) is 3.10. The lowest BCUT2D eigenvalue weighted by Crippen LogP contribution is -2.20. The molecule has 5 rings (SSSR count). The highest BCUT2D eigenvalue weighted by Crippen LogP contribution is 2.34. The van der Waals surface area contributed by atoms with Gasteiger partial charge in [-0.1, -0.05) is 30.0 Å². The molecule has 1 aliphatic carbocycles. The van der Waals surface area contributed by atoms with E-state index in [2.05, 4.69) is 31.8 Å². The van der Waals surface area contributed by atoms with Gasteiger partial charge in [0.15, 0.2) is 11.4 Å². The Balaban J connectivity index is 1.52. The van der Waals surface area contributed by atoms with Crippen molar-refractivity contribution >= 4 is 10.9 Å². The van der Waals surface area contributed by atoms with E-state index in [-0.39, 0.29) is 5.56 Å². The fraction of sp³-hybridized carbons (Fsp3) is 0.130. The first-order valence-electron chi connectivity index (χ1n) is 9.27. The van der Waals surface area contributed by atoms with Crippen LogP contribution in [0, 0.1) is 11.8 Å². The van der Waals surface area contributed by atoms with E-state index in [1.165, 1.54) is 0 Å². The summed E-state index contributed by atoms with van der Waals surface area (Å²) in [5.74, 6) is 6.51. The lowest BCUT2D eigenvalue weighted by molar-refractivity contribution is 0.0982. The second-order valence-corrected chi connectivity index (χ2v) is 7.01. The highest BCUT2D eigenvalue weighted by molar-refractivity contribution is 5.78. The number of hydrogen-bond acceptors (Lipinski definition) is 5. The van der Waals surface area contributed by atoms with Crippen molar-refractivity contribution in [3.05, 3.63) is 88.2 Å². The van der Waals surface area contributed by atoms with Crippen molar-refractivity contribution < 1.29 is 5.11 Å². The summed E-state index contributed by atoms with van der Waals surface area (Å²) in [7, 11) is 0. The molecular weight excluding hydrogens is 364 g/mol. The molecule has 0 unspecified atom stereocenters. The standard InChI is InChI=1S/C23H16N4O2/c28-22-19-18(8-12-25-22)14-26-21(27-19)17-4-1-3-15(13-17)6-9-23(29)10-7-16-5-2-11-24-20(16)23/h1-5,8,11-14,29H,7,10H2,(H,25,28)/t23-/m1/s1. The summed E-state index contributed by atoms with van der Waals surface area (Å²) in [4.78, 5) is 27.7. The van der Waals surface area contributed by atoms with Crippen LogP contribution in [0.4, 0.5) is 0 Å². The predicted molar refractivity (Wildman–Crippen MR) is 109 cm³/mol. The molecule has 3 heterocycles. The summed E-state index contributed by atoms with van der Waals surface area (Å²) in [6, 6.07) is 13.0. The summed E-state index contributed by atoms with van der Waals surface area (Å²) in [5, 5.41) is 11.6. The molecule has 6 nitrogen and oxygen atoms in total. The van der Waals surface area contributed by atoms with Crippen LogP contribution in [0.3, 0.4) is 0 Å². The Hall–Kier alpha value is -3.82. The molecule has 140 valence electrons. The van der Waals surface area contributed by atoms with Crippen molar-refractivity contribution in [2.75, 3.05) is 0 Å². The van der Waals surface area contributed by atoms with E-state index in [1.807, 2.05) is 36.4 Å². The zero-order chi connectivity index (χ0) is 19.8. The molecule has 1 aliphatic rings. The van der Waals surface area contributed by atoms with Crippen LogP contribution in [0.5, 0.6) is 0 Å². The fourth-order valence-corrected chi connectivity index (χ4v) is 3.59. The molecule has 4 aromatic rings. The first kappa shape index (κ1) is 17.3. The van der Waals surface area contributed by atoms with Gasteiger partial charge in [0, 0.05) is 35.1 Å². The molecule has 2 N–H and O–H groups in total. The van der Waals surface area contributed by atoms with Crippen molar-refractivity contribution in [2.24, 2.45) is 0 Å². The Morgan fingerprint density at radius 3 is 3.00 bits per heavy atom. The summed E-state index contributed by atoms with van der Waals surface area (Å²) < 4.78 is 0. The van der Waals surface area contributed by atoms with Gasteiger partial charge in [0.05, 0.1) is 5.69 Å². The number of pyridine rings is 2. The third-order valence-corrected chi connectivity index (χ3v) is 5.08. The normalized spacial score (nSPS) is 17.6. The van der Waals surface area contributed by atoms with Crippen molar-refractivity contribution in [1.82, 2.24) is 19.9 Å². The van der Waals surface area contributed by atoms with E-state index in [9.17, 15) is 9.90 Å². The molecule has 3 aromatic heterocycles. The monoisotopic (exact) mass is 380 g/mol. The van der Waals surface area contributed by atoms with Gasteiger partial charge in [0.1, 0.15) is 5.52 Å². The summed E-state index contributed by atoms with van der Waals surface area (Å²) in [6.07, 6.45) is 6.17. The number of hydrogen-bond donors (Lipinski definition) is 2. The van der Waals surface area contributed by atoms with Gasteiger partial charge in [-0.15, -0.1) is 0 Å². The quantitative estimate of drug-likeness (QED) is 0.495. The van der Waals surface area contributed by atoms with E-state index >= 15 is 0 Å². The summed E-state index contributed by atoms with van der Waals surface area (Å²) >= 11 is 0. The molecule has 0 fully saturated rings. The number of H-pyrrole nitrogens is 1. The van der Waals surface area contributed by atoms with Crippen LogP contribution < -0.4 is 5.56 Å². The second-order valence-electron chi connectivity index (χ2n) is 7.01. The van der Waals surface area contributed by atoms with E-state index < -0.39 is 5.60 Å². The van der Waals surface area contributed by atoms with Crippen LogP contribution in [0.25, 0.3) is 22.3 Å². The molecule has 6 heteroatoms. The van der Waals surface area contributed by atoms with Crippen molar-refractivity contribution in [3.8, 4) is 23.2 Å². The predicted octanol–water partition coefficient (Wildman–Crippen LogP) is 2.57. The van der Waals surface area contributed by atoms with Gasteiger partial charge in [-0.3, -0.25) is 9.78 Å². The summed E-state index contributed by atoms with van der Waals surface area (Å²) in [5.41, 5.74) is 2.01. The van der Waals surface area contributed by atoms with Gasteiger partial charge in [0.25, 0.3) is 5.56 Å². The van der Waals surface area contributed by atoms with E-state index in [0.29, 0.717) is 28.8 Å². The number of aromatic amines is 1. The van der Waals surface area contributed by atoms with Gasteiger partial charge in [-0.2, -0.15) is 0 Å². The molecule has 29 heavy (non-hydrogen) atoms. The van der Waals surface area contributed by atoms with Gasteiger partial charge < -0.3 is 10.1 Å². The SMILES string of the molecule is O=c1[nH]ccc2cnc(-c3cccc(C#C[C@@]4(O)CCc5cccnc54)c3)nc12. The largest absolute Gasteiger partial charge is 0.372 e. The Bertz CT molecular complexity index is 1370. The Morgan fingerprint density at radius 1 is 1.14 bits per heavy atom. The first-order chi connectivity index (χ1) is 14.1. The van der Waals surface area contributed by atoms with Crippen molar-refractivity contribution in [2.45, 2.75) is 18.4 Å². The Kier molecular flexibility index (Phi) is 3.97. The minimum Gasteiger partial charge on any atom is -0.372 e. The molecule has 0 radical (unpaired) electrons. The highest BCUT2D eigenvalue weighted by atomic mass is 16.3. The molecule has 0 saturated heterocycles. The number of fused-ring (bicyclic) bond motifs is 2. The fourth-order valence-electron chi connectivity index (χ4n) is 3.59. The first-order valence-corrected chi connectivity index (χ1v) is 9.27. The maximum atomic E-state index is 12.0. The van der Waals surface area contributed by atoms with E-state index in [0.717, 1.165) is 23.1 Å². The maximum absolute atomic E-state index is 12.0. The maximum Gasteiger partial charge on any atom is 0.274 e. The number of aliphatic hydroxyl groups is 1.